The fraction of sp³-hybridized carbons (Fsp3) is 0.364. The summed E-state index contributed by atoms with van der Waals surface area (Å²) < 4.78 is 21.8. The van der Waals surface area contributed by atoms with E-state index in [0.29, 0.717) is 42.6 Å². The molecule has 0 radical (unpaired) electrons. The lowest BCUT2D eigenvalue weighted by atomic mass is 10.2. The lowest BCUT2D eigenvalue weighted by Gasteiger charge is -2.16. The van der Waals surface area contributed by atoms with E-state index >= 15 is 0 Å². The van der Waals surface area contributed by atoms with Crippen molar-refractivity contribution < 1.29 is 28.5 Å². The van der Waals surface area contributed by atoms with Gasteiger partial charge in [-0.1, -0.05) is 25.1 Å². The van der Waals surface area contributed by atoms with Gasteiger partial charge in [-0.3, -0.25) is 4.79 Å². The molecule has 2 aromatic rings. The number of hydrogen-bond donors (Lipinski definition) is 1. The third-order valence-corrected chi connectivity index (χ3v) is 3.83. The molecule has 0 bridgehead atoms. The third kappa shape index (κ3) is 7.03. The van der Waals surface area contributed by atoms with Crippen molar-refractivity contribution in [3.05, 3.63) is 48.5 Å². The van der Waals surface area contributed by atoms with Crippen LogP contribution < -0.4 is 19.5 Å². The molecule has 0 heterocycles. The van der Waals surface area contributed by atoms with Gasteiger partial charge in [0.1, 0.15) is 5.75 Å². The van der Waals surface area contributed by atoms with Crippen molar-refractivity contribution in [2.45, 2.75) is 33.3 Å². The molecule has 0 aliphatic heterocycles. The molecule has 0 aliphatic carbocycles. The van der Waals surface area contributed by atoms with Crippen molar-refractivity contribution in [2.24, 2.45) is 0 Å². The van der Waals surface area contributed by atoms with Crippen molar-refractivity contribution >= 4 is 17.6 Å². The predicted molar refractivity (Wildman–Crippen MR) is 110 cm³/mol. The Kier molecular flexibility index (Phi) is 8.82. The first-order valence-corrected chi connectivity index (χ1v) is 9.65. The molecular weight excluding hydrogens is 374 g/mol. The Hall–Kier alpha value is -3.22. The van der Waals surface area contributed by atoms with E-state index < -0.39 is 24.6 Å². The summed E-state index contributed by atoms with van der Waals surface area (Å²) >= 11 is 0. The van der Waals surface area contributed by atoms with E-state index in [-0.39, 0.29) is 0 Å². The van der Waals surface area contributed by atoms with Crippen molar-refractivity contribution in [3.8, 4) is 17.2 Å². The van der Waals surface area contributed by atoms with Crippen LogP contribution in [0.25, 0.3) is 0 Å². The van der Waals surface area contributed by atoms with Gasteiger partial charge in [-0.05, 0) is 44.5 Å². The minimum atomic E-state index is -0.778. The summed E-state index contributed by atoms with van der Waals surface area (Å²) in [6.45, 7) is 6.11. The summed E-state index contributed by atoms with van der Waals surface area (Å²) in [5, 5.41) is 2.68. The Morgan fingerprint density at radius 1 is 0.931 bits per heavy atom. The second kappa shape index (κ2) is 11.6. The average Bonchev–Trinajstić information content (AvgIpc) is 2.73. The molecule has 0 fully saturated rings. The molecule has 1 amide bonds. The number of anilines is 1. The van der Waals surface area contributed by atoms with E-state index in [4.69, 9.17) is 18.9 Å². The summed E-state index contributed by atoms with van der Waals surface area (Å²) in [6.07, 6.45) is -0.355. The number of nitrogens with one attached hydrogen (secondary N) is 1. The average molecular weight is 401 g/mol. The van der Waals surface area contributed by atoms with Gasteiger partial charge in [-0.25, -0.2) is 4.79 Å². The first-order valence-electron chi connectivity index (χ1n) is 9.65. The molecule has 0 aliphatic rings. The molecule has 0 spiro atoms. The maximum atomic E-state index is 12.2. The largest absolute Gasteiger partial charge is 0.490 e. The zero-order valence-electron chi connectivity index (χ0n) is 17.0. The highest BCUT2D eigenvalue weighted by molar-refractivity contribution is 5.93. The summed E-state index contributed by atoms with van der Waals surface area (Å²) in [7, 11) is 0. The highest BCUT2D eigenvalue weighted by Gasteiger charge is 2.21. The summed E-state index contributed by atoms with van der Waals surface area (Å²) in [6, 6.07) is 14.1. The molecule has 29 heavy (non-hydrogen) atoms. The summed E-state index contributed by atoms with van der Waals surface area (Å²) in [5.74, 6) is 0.653. The number of carbonyl (C=O) groups excluding carboxylic acids is 2. The van der Waals surface area contributed by atoms with Crippen LogP contribution in [0, 0.1) is 0 Å². The number of benzene rings is 2. The third-order valence-electron chi connectivity index (χ3n) is 3.83. The lowest BCUT2D eigenvalue weighted by Crippen LogP contribution is -2.31. The van der Waals surface area contributed by atoms with E-state index in [1.54, 1.807) is 30.3 Å². The topological polar surface area (TPSA) is 83.1 Å². The number of rotatable bonds is 11. The SMILES string of the molecule is CCOc1ccc(NC(=O)COC(=O)[C@@H](CC)Oc2ccccc2)cc1OCC. The molecule has 1 atom stereocenters. The predicted octanol–water partition coefficient (Wildman–Crippen LogP) is 3.82. The number of carbonyl (C=O) groups is 2. The first-order chi connectivity index (χ1) is 14.1. The zero-order chi connectivity index (χ0) is 21.1. The normalized spacial score (nSPS) is 11.3. The first kappa shape index (κ1) is 22.1. The van der Waals surface area contributed by atoms with Gasteiger partial charge in [0, 0.05) is 11.8 Å². The van der Waals surface area contributed by atoms with Crippen LogP contribution in [0.1, 0.15) is 27.2 Å². The summed E-state index contributed by atoms with van der Waals surface area (Å²) in [4.78, 5) is 24.4. The Balaban J connectivity index is 1.89. The van der Waals surface area contributed by atoms with Gasteiger partial charge in [-0.2, -0.15) is 0 Å². The zero-order valence-corrected chi connectivity index (χ0v) is 17.0. The number of ether oxygens (including phenoxy) is 4. The molecule has 2 aromatic carbocycles. The van der Waals surface area contributed by atoms with E-state index in [9.17, 15) is 9.59 Å². The molecule has 156 valence electrons. The maximum absolute atomic E-state index is 12.2. The number of amides is 1. The van der Waals surface area contributed by atoms with Crippen LogP contribution >= 0.6 is 0 Å². The number of esters is 1. The molecule has 1 N–H and O–H groups in total. The van der Waals surface area contributed by atoms with E-state index in [0.717, 1.165) is 0 Å². The highest BCUT2D eigenvalue weighted by atomic mass is 16.6. The lowest BCUT2D eigenvalue weighted by molar-refractivity contribution is -0.154. The van der Waals surface area contributed by atoms with Crippen LogP contribution in [0.3, 0.4) is 0 Å². The Bertz CT molecular complexity index is 793. The van der Waals surface area contributed by atoms with Crippen molar-refractivity contribution in [1.82, 2.24) is 0 Å². The summed E-state index contributed by atoms with van der Waals surface area (Å²) in [5.41, 5.74) is 0.519. The molecular formula is C22H27NO6. The molecule has 0 saturated heterocycles. The minimum absolute atomic E-state index is 0.412. The van der Waals surface area contributed by atoms with Crippen LogP contribution in [-0.2, 0) is 14.3 Å². The fourth-order valence-corrected chi connectivity index (χ4v) is 2.52. The maximum Gasteiger partial charge on any atom is 0.347 e. The number of para-hydroxylation sites is 1. The molecule has 2 rings (SSSR count). The van der Waals surface area contributed by atoms with Gasteiger partial charge in [0.15, 0.2) is 24.2 Å². The van der Waals surface area contributed by atoms with Crippen LogP contribution in [0.15, 0.2) is 48.5 Å². The molecule has 0 saturated carbocycles. The molecule has 0 aromatic heterocycles. The van der Waals surface area contributed by atoms with Gasteiger partial charge in [0.25, 0.3) is 5.91 Å². The van der Waals surface area contributed by atoms with Crippen molar-refractivity contribution in [2.75, 3.05) is 25.1 Å². The highest BCUT2D eigenvalue weighted by Crippen LogP contribution is 2.30. The van der Waals surface area contributed by atoms with Crippen LogP contribution in [0.4, 0.5) is 5.69 Å². The minimum Gasteiger partial charge on any atom is -0.490 e. The van der Waals surface area contributed by atoms with Gasteiger partial charge in [-0.15, -0.1) is 0 Å². The standard InChI is InChI=1S/C22H27NO6/c1-4-18(29-17-10-8-7-9-11-17)22(25)28-15-21(24)23-16-12-13-19(26-5-2)20(14-16)27-6-3/h7-14,18H,4-6,15H2,1-3H3,(H,23,24)/t18-/m1/s1. The Morgan fingerprint density at radius 3 is 2.28 bits per heavy atom. The van der Waals surface area contributed by atoms with Gasteiger partial charge < -0.3 is 24.3 Å². The van der Waals surface area contributed by atoms with E-state index in [1.807, 2.05) is 39.0 Å². The van der Waals surface area contributed by atoms with E-state index in [2.05, 4.69) is 5.32 Å². The van der Waals surface area contributed by atoms with E-state index in [1.165, 1.54) is 0 Å². The number of hydrogen-bond acceptors (Lipinski definition) is 6. The molecule has 0 unspecified atom stereocenters. The second-order valence-electron chi connectivity index (χ2n) is 6.01. The van der Waals surface area contributed by atoms with Crippen LogP contribution in [0.2, 0.25) is 0 Å². The molecule has 7 nitrogen and oxygen atoms in total. The van der Waals surface area contributed by atoms with Crippen molar-refractivity contribution in [1.29, 1.82) is 0 Å². The van der Waals surface area contributed by atoms with Gasteiger partial charge in [0.05, 0.1) is 13.2 Å². The Labute approximate surface area is 170 Å². The monoisotopic (exact) mass is 401 g/mol. The second-order valence-corrected chi connectivity index (χ2v) is 6.01. The fourth-order valence-electron chi connectivity index (χ4n) is 2.52. The smallest absolute Gasteiger partial charge is 0.347 e. The van der Waals surface area contributed by atoms with Gasteiger partial charge >= 0.3 is 5.97 Å². The Morgan fingerprint density at radius 2 is 1.62 bits per heavy atom. The van der Waals surface area contributed by atoms with Crippen LogP contribution in [0.5, 0.6) is 17.2 Å². The van der Waals surface area contributed by atoms with Crippen molar-refractivity contribution in [3.63, 3.8) is 0 Å². The quantitative estimate of drug-likeness (QED) is 0.576. The van der Waals surface area contributed by atoms with Crippen LogP contribution in [-0.4, -0.2) is 37.8 Å². The van der Waals surface area contributed by atoms with Gasteiger partial charge in [0.2, 0.25) is 0 Å². The molecule has 7 heteroatoms.